The zero-order valence-electron chi connectivity index (χ0n) is 19.2. The predicted octanol–water partition coefficient (Wildman–Crippen LogP) is 8.38. The van der Waals surface area contributed by atoms with E-state index in [1.54, 1.807) is 43.3 Å². The molecule has 0 aromatic heterocycles. The van der Waals surface area contributed by atoms with Crippen LogP contribution in [0.2, 0.25) is 0 Å². The minimum atomic E-state index is -1.52. The van der Waals surface area contributed by atoms with Crippen LogP contribution in [-0.4, -0.2) is 0 Å². The van der Waals surface area contributed by atoms with E-state index >= 15 is 0 Å². The van der Waals surface area contributed by atoms with E-state index in [1.165, 1.54) is 12.1 Å². The molecule has 0 bridgehead atoms. The molecule has 0 aliphatic rings. The van der Waals surface area contributed by atoms with Crippen molar-refractivity contribution in [2.75, 3.05) is 0 Å². The van der Waals surface area contributed by atoms with E-state index < -0.39 is 29.1 Å². The van der Waals surface area contributed by atoms with Crippen LogP contribution in [0, 0.1) is 47.9 Å². The number of rotatable bonds is 4. The molecule has 0 N–H and O–H groups in total. The van der Waals surface area contributed by atoms with Gasteiger partial charge in [-0.05, 0) is 83.6 Å². The summed E-state index contributed by atoms with van der Waals surface area (Å²) in [6, 6.07) is 16.2. The Morgan fingerprint density at radius 3 is 1.89 bits per heavy atom. The van der Waals surface area contributed by atoms with Gasteiger partial charge >= 0.3 is 0 Å². The van der Waals surface area contributed by atoms with Gasteiger partial charge in [-0.25, -0.2) is 22.0 Å². The van der Waals surface area contributed by atoms with Crippen LogP contribution in [0.3, 0.4) is 0 Å². The Kier molecular flexibility index (Phi) is 7.02. The second-order valence-electron chi connectivity index (χ2n) is 8.30. The van der Waals surface area contributed by atoms with Gasteiger partial charge in [0.2, 0.25) is 0 Å². The van der Waals surface area contributed by atoms with Crippen LogP contribution in [0.4, 0.5) is 22.0 Å². The number of halogens is 5. The molecule has 0 fully saturated rings. The molecule has 0 amide bonds. The third-order valence-electron chi connectivity index (χ3n) is 5.70. The molecular formula is C30H21F5. The summed E-state index contributed by atoms with van der Waals surface area (Å²) in [5, 5.41) is 0. The van der Waals surface area contributed by atoms with Crippen molar-refractivity contribution >= 4 is 0 Å². The van der Waals surface area contributed by atoms with Gasteiger partial charge in [0.25, 0.3) is 0 Å². The molecule has 5 heteroatoms. The first-order valence-corrected chi connectivity index (χ1v) is 11.1. The van der Waals surface area contributed by atoms with E-state index in [1.807, 2.05) is 13.0 Å². The largest absolute Gasteiger partial charge is 0.206 e. The Labute approximate surface area is 201 Å². The van der Waals surface area contributed by atoms with Gasteiger partial charge in [0, 0.05) is 11.1 Å². The van der Waals surface area contributed by atoms with Gasteiger partial charge in [-0.1, -0.05) is 49.5 Å². The minimum absolute atomic E-state index is 0.188. The maximum Gasteiger partial charge on any atom is 0.194 e. The molecule has 0 saturated carbocycles. The van der Waals surface area contributed by atoms with Crippen LogP contribution in [0.15, 0.2) is 66.7 Å². The quantitative estimate of drug-likeness (QED) is 0.158. The van der Waals surface area contributed by atoms with E-state index in [9.17, 15) is 22.0 Å². The smallest absolute Gasteiger partial charge is 0.194 e. The van der Waals surface area contributed by atoms with E-state index in [-0.39, 0.29) is 11.1 Å². The summed E-state index contributed by atoms with van der Waals surface area (Å²) in [6.07, 6.45) is 1.68. The average Bonchev–Trinajstić information content (AvgIpc) is 2.82. The maximum atomic E-state index is 14.9. The molecule has 0 saturated heterocycles. The summed E-state index contributed by atoms with van der Waals surface area (Å²) in [5.74, 6) is 0.681. The fourth-order valence-electron chi connectivity index (χ4n) is 3.90. The second kappa shape index (κ2) is 10.1. The second-order valence-corrected chi connectivity index (χ2v) is 8.30. The summed E-state index contributed by atoms with van der Waals surface area (Å²) in [6.45, 7) is 3.73. The topological polar surface area (TPSA) is 0 Å². The van der Waals surface area contributed by atoms with Crippen LogP contribution >= 0.6 is 0 Å². The summed E-state index contributed by atoms with van der Waals surface area (Å²) < 4.78 is 69.7. The normalized spacial score (nSPS) is 10.7. The zero-order valence-corrected chi connectivity index (χ0v) is 19.2. The maximum absolute atomic E-state index is 14.9. The summed E-state index contributed by atoms with van der Waals surface area (Å²) in [7, 11) is 0. The Balaban J connectivity index is 1.59. The van der Waals surface area contributed by atoms with Crippen molar-refractivity contribution in [3.8, 4) is 34.1 Å². The van der Waals surface area contributed by atoms with Crippen molar-refractivity contribution in [1.29, 1.82) is 0 Å². The molecule has 0 aliphatic carbocycles. The lowest BCUT2D eigenvalue weighted by atomic mass is 9.97. The van der Waals surface area contributed by atoms with Gasteiger partial charge in [0.15, 0.2) is 17.5 Å². The van der Waals surface area contributed by atoms with Crippen molar-refractivity contribution in [3.63, 3.8) is 0 Å². The van der Waals surface area contributed by atoms with Crippen molar-refractivity contribution < 1.29 is 22.0 Å². The number of hydrogen-bond donors (Lipinski definition) is 0. The lowest BCUT2D eigenvalue weighted by molar-refractivity contribution is 0.448. The number of aryl methyl sites for hydroxylation is 2. The van der Waals surface area contributed by atoms with Gasteiger partial charge < -0.3 is 0 Å². The number of hydrogen-bond acceptors (Lipinski definition) is 0. The first kappa shape index (κ1) is 24.2. The molecule has 176 valence electrons. The first-order valence-electron chi connectivity index (χ1n) is 11.1. The van der Waals surface area contributed by atoms with Crippen LogP contribution in [0.5, 0.6) is 0 Å². The van der Waals surface area contributed by atoms with Crippen LogP contribution in [0.1, 0.15) is 35.6 Å². The van der Waals surface area contributed by atoms with Gasteiger partial charge in [-0.2, -0.15) is 0 Å². The van der Waals surface area contributed by atoms with Crippen molar-refractivity contribution in [1.82, 2.24) is 0 Å². The van der Waals surface area contributed by atoms with Gasteiger partial charge in [0.1, 0.15) is 11.6 Å². The van der Waals surface area contributed by atoms with Crippen LogP contribution < -0.4 is 0 Å². The molecule has 0 spiro atoms. The number of benzene rings is 4. The standard InChI is InChI=1S/C30H21F5/c1-3-4-20-8-12-25(26(31)14-20)23-13-18(2)24(27(32)17-23)11-7-19-5-9-21(10-6-19)22-15-28(33)30(35)29(34)16-22/h5-6,8-10,12-17H,3-4H2,1-2H3. The lowest BCUT2D eigenvalue weighted by Crippen LogP contribution is -1.94. The average molecular weight is 476 g/mol. The Hall–Kier alpha value is -3.91. The SMILES string of the molecule is CCCc1ccc(-c2cc(C)c(C#Cc3ccc(-c4cc(F)c(F)c(F)c4)cc3)c(F)c2)c(F)c1. The molecule has 0 radical (unpaired) electrons. The van der Waals surface area contributed by atoms with Gasteiger partial charge in [-0.15, -0.1) is 0 Å². The fraction of sp³-hybridized carbons (Fsp3) is 0.133. The monoisotopic (exact) mass is 476 g/mol. The van der Waals surface area contributed by atoms with Crippen molar-refractivity contribution in [2.45, 2.75) is 26.7 Å². The van der Waals surface area contributed by atoms with Gasteiger partial charge in [-0.3, -0.25) is 0 Å². The Bertz CT molecular complexity index is 1410. The van der Waals surface area contributed by atoms with Crippen molar-refractivity contribution in [2.24, 2.45) is 0 Å². The van der Waals surface area contributed by atoms with Crippen molar-refractivity contribution in [3.05, 3.63) is 118 Å². The zero-order chi connectivity index (χ0) is 25.1. The molecule has 0 atom stereocenters. The van der Waals surface area contributed by atoms with Gasteiger partial charge in [0.05, 0.1) is 5.56 Å². The lowest BCUT2D eigenvalue weighted by Gasteiger charge is -2.09. The van der Waals surface area contributed by atoms with Crippen LogP contribution in [-0.2, 0) is 6.42 Å². The summed E-state index contributed by atoms with van der Waals surface area (Å²) >= 11 is 0. The van der Waals surface area contributed by atoms with E-state index in [0.29, 0.717) is 27.8 Å². The molecule has 35 heavy (non-hydrogen) atoms. The first-order chi connectivity index (χ1) is 16.8. The molecule has 0 heterocycles. The highest BCUT2D eigenvalue weighted by Gasteiger charge is 2.13. The fourth-order valence-corrected chi connectivity index (χ4v) is 3.90. The molecule has 4 aromatic rings. The molecule has 0 unspecified atom stereocenters. The van der Waals surface area contributed by atoms with E-state index in [2.05, 4.69) is 11.8 Å². The molecule has 4 aromatic carbocycles. The molecular weight excluding hydrogens is 455 g/mol. The molecule has 0 aliphatic heterocycles. The molecule has 4 rings (SSSR count). The third-order valence-corrected chi connectivity index (χ3v) is 5.70. The Morgan fingerprint density at radius 1 is 0.629 bits per heavy atom. The predicted molar refractivity (Wildman–Crippen MR) is 128 cm³/mol. The van der Waals surface area contributed by atoms with E-state index in [4.69, 9.17) is 0 Å². The highest BCUT2D eigenvalue weighted by atomic mass is 19.2. The van der Waals surface area contributed by atoms with Crippen LogP contribution in [0.25, 0.3) is 22.3 Å². The minimum Gasteiger partial charge on any atom is -0.206 e. The summed E-state index contributed by atoms with van der Waals surface area (Å²) in [5.41, 5.74) is 3.65. The van der Waals surface area contributed by atoms with E-state index in [0.717, 1.165) is 30.5 Å². The highest BCUT2D eigenvalue weighted by molar-refractivity contribution is 5.68. The molecule has 0 nitrogen and oxygen atoms in total. The highest BCUT2D eigenvalue weighted by Crippen LogP contribution is 2.28. The summed E-state index contributed by atoms with van der Waals surface area (Å²) in [4.78, 5) is 0. The third kappa shape index (κ3) is 5.27. The Morgan fingerprint density at radius 2 is 1.29 bits per heavy atom.